The van der Waals surface area contributed by atoms with Crippen molar-refractivity contribution < 1.29 is 9.18 Å². The molecule has 126 valence electrons. The molecule has 2 saturated heterocycles. The highest BCUT2D eigenvalue weighted by Gasteiger charge is 2.28. The minimum Gasteiger partial charge on any atom is -0.336 e. The summed E-state index contributed by atoms with van der Waals surface area (Å²) in [5.41, 5.74) is 1.08. The second-order valence-corrected chi connectivity index (χ2v) is 6.95. The summed E-state index contributed by atoms with van der Waals surface area (Å²) in [6, 6.07) is 5.16. The number of nitrogens with zero attached hydrogens (tertiary/aromatic N) is 2. The number of carbonyl (C=O) groups excluding carboxylic acids is 1. The Balaban J connectivity index is 1.66. The van der Waals surface area contributed by atoms with Gasteiger partial charge in [0.05, 0.1) is 0 Å². The van der Waals surface area contributed by atoms with Crippen molar-refractivity contribution in [2.45, 2.75) is 51.5 Å². The van der Waals surface area contributed by atoms with Gasteiger partial charge in [-0.1, -0.05) is 6.07 Å². The van der Waals surface area contributed by atoms with Gasteiger partial charge in [0.2, 0.25) is 0 Å². The molecule has 0 bridgehead atoms. The SMILES string of the molecule is Cc1ccc(C(=O)N2CCCC[C@@H]2CCN2CCCC2)cc1F. The van der Waals surface area contributed by atoms with E-state index in [2.05, 4.69) is 4.90 Å². The van der Waals surface area contributed by atoms with Crippen LogP contribution in [0, 0.1) is 12.7 Å². The van der Waals surface area contributed by atoms with Gasteiger partial charge in [-0.3, -0.25) is 4.79 Å². The standard InChI is InChI=1S/C19H27FN2O/c1-15-7-8-16(14-18(15)20)19(23)22-12-3-2-6-17(22)9-13-21-10-4-5-11-21/h7-8,14,17H,2-6,9-13H2,1H3/t17-/m1/s1. The summed E-state index contributed by atoms with van der Waals surface area (Å²) in [5.74, 6) is -0.295. The number of aryl methyl sites for hydroxylation is 1. The van der Waals surface area contributed by atoms with Crippen LogP contribution >= 0.6 is 0 Å². The summed E-state index contributed by atoms with van der Waals surface area (Å²) >= 11 is 0. The molecule has 0 N–H and O–H groups in total. The first-order chi connectivity index (χ1) is 11.1. The molecule has 2 fully saturated rings. The van der Waals surface area contributed by atoms with Crippen LogP contribution in [0.4, 0.5) is 4.39 Å². The van der Waals surface area contributed by atoms with Crippen molar-refractivity contribution in [3.63, 3.8) is 0 Å². The van der Waals surface area contributed by atoms with Crippen molar-refractivity contribution >= 4 is 5.91 Å². The maximum atomic E-state index is 13.8. The van der Waals surface area contributed by atoms with Crippen LogP contribution in [0.3, 0.4) is 0 Å². The zero-order valence-electron chi connectivity index (χ0n) is 14.1. The molecule has 0 unspecified atom stereocenters. The lowest BCUT2D eigenvalue weighted by Crippen LogP contribution is -2.45. The van der Waals surface area contributed by atoms with Crippen LogP contribution in [0.15, 0.2) is 18.2 Å². The normalized spacial score (nSPS) is 22.5. The molecule has 0 spiro atoms. The Kier molecular flexibility index (Phi) is 5.31. The lowest BCUT2D eigenvalue weighted by atomic mass is 9.97. The third kappa shape index (κ3) is 3.92. The Bertz CT molecular complexity index is 554. The molecular weight excluding hydrogens is 291 g/mol. The second-order valence-electron chi connectivity index (χ2n) is 6.95. The third-order valence-electron chi connectivity index (χ3n) is 5.28. The Labute approximate surface area is 138 Å². The van der Waals surface area contributed by atoms with Crippen LogP contribution in [0.1, 0.15) is 54.4 Å². The maximum absolute atomic E-state index is 13.8. The number of carbonyl (C=O) groups is 1. The van der Waals surface area contributed by atoms with E-state index in [1.54, 1.807) is 19.1 Å². The van der Waals surface area contributed by atoms with E-state index >= 15 is 0 Å². The van der Waals surface area contributed by atoms with Crippen LogP contribution in [0.25, 0.3) is 0 Å². The fourth-order valence-corrected chi connectivity index (χ4v) is 3.80. The molecule has 3 rings (SSSR count). The van der Waals surface area contributed by atoms with E-state index in [1.165, 1.54) is 38.4 Å². The first-order valence-corrected chi connectivity index (χ1v) is 8.94. The van der Waals surface area contributed by atoms with Crippen LogP contribution in [-0.4, -0.2) is 47.9 Å². The summed E-state index contributed by atoms with van der Waals surface area (Å²) in [6.07, 6.45) is 6.97. The number of likely N-dealkylation sites (tertiary alicyclic amines) is 2. The summed E-state index contributed by atoms with van der Waals surface area (Å²) in [6.45, 7) is 6.01. The Morgan fingerprint density at radius 2 is 1.91 bits per heavy atom. The number of hydrogen-bond donors (Lipinski definition) is 0. The maximum Gasteiger partial charge on any atom is 0.254 e. The van der Waals surface area contributed by atoms with Gasteiger partial charge in [0.15, 0.2) is 0 Å². The van der Waals surface area contributed by atoms with Gasteiger partial charge in [-0.25, -0.2) is 4.39 Å². The minimum absolute atomic E-state index is 0.00461. The second kappa shape index (κ2) is 7.43. The van der Waals surface area contributed by atoms with Crippen LogP contribution in [-0.2, 0) is 0 Å². The molecule has 4 heteroatoms. The molecule has 3 nitrogen and oxygen atoms in total. The number of halogens is 1. The molecule has 1 aromatic rings. The highest BCUT2D eigenvalue weighted by molar-refractivity contribution is 5.94. The fraction of sp³-hybridized carbons (Fsp3) is 0.632. The van der Waals surface area contributed by atoms with Gasteiger partial charge in [-0.2, -0.15) is 0 Å². The van der Waals surface area contributed by atoms with E-state index in [0.29, 0.717) is 17.2 Å². The first kappa shape index (κ1) is 16.4. The third-order valence-corrected chi connectivity index (χ3v) is 5.28. The van der Waals surface area contributed by atoms with E-state index in [4.69, 9.17) is 0 Å². The predicted molar refractivity (Wildman–Crippen MR) is 90.1 cm³/mol. The molecule has 0 aromatic heterocycles. The average Bonchev–Trinajstić information content (AvgIpc) is 3.08. The van der Waals surface area contributed by atoms with Crippen molar-refractivity contribution in [2.24, 2.45) is 0 Å². The zero-order chi connectivity index (χ0) is 16.2. The molecule has 2 aliphatic rings. The van der Waals surface area contributed by atoms with Gasteiger partial charge < -0.3 is 9.80 Å². The van der Waals surface area contributed by atoms with E-state index in [1.807, 2.05) is 4.90 Å². The van der Waals surface area contributed by atoms with Crippen molar-refractivity contribution in [3.8, 4) is 0 Å². The van der Waals surface area contributed by atoms with Crippen LogP contribution in [0.2, 0.25) is 0 Å². The van der Waals surface area contributed by atoms with Gasteiger partial charge in [0, 0.05) is 24.7 Å². The molecule has 1 aromatic carbocycles. The molecule has 1 amide bonds. The lowest BCUT2D eigenvalue weighted by Gasteiger charge is -2.36. The highest BCUT2D eigenvalue weighted by Crippen LogP contribution is 2.23. The van der Waals surface area contributed by atoms with Crippen molar-refractivity contribution in [3.05, 3.63) is 35.1 Å². The molecule has 2 aliphatic heterocycles. The molecule has 23 heavy (non-hydrogen) atoms. The highest BCUT2D eigenvalue weighted by atomic mass is 19.1. The first-order valence-electron chi connectivity index (χ1n) is 8.94. The van der Waals surface area contributed by atoms with Gasteiger partial charge in [0.25, 0.3) is 5.91 Å². The van der Waals surface area contributed by atoms with Crippen molar-refractivity contribution in [2.75, 3.05) is 26.2 Å². The number of piperidine rings is 1. The zero-order valence-corrected chi connectivity index (χ0v) is 14.1. The summed E-state index contributed by atoms with van der Waals surface area (Å²) in [5, 5.41) is 0. The van der Waals surface area contributed by atoms with E-state index in [9.17, 15) is 9.18 Å². The smallest absolute Gasteiger partial charge is 0.254 e. The summed E-state index contributed by atoms with van der Waals surface area (Å²) in [4.78, 5) is 17.3. The molecule has 0 radical (unpaired) electrons. The summed E-state index contributed by atoms with van der Waals surface area (Å²) < 4.78 is 13.8. The predicted octanol–water partition coefficient (Wildman–Crippen LogP) is 3.61. The van der Waals surface area contributed by atoms with E-state index < -0.39 is 0 Å². The molecule has 1 atom stereocenters. The van der Waals surface area contributed by atoms with Crippen molar-refractivity contribution in [1.29, 1.82) is 0 Å². The van der Waals surface area contributed by atoms with Crippen LogP contribution in [0.5, 0.6) is 0 Å². The van der Waals surface area contributed by atoms with Gasteiger partial charge in [-0.05, 0) is 76.2 Å². The average molecular weight is 318 g/mol. The van der Waals surface area contributed by atoms with Gasteiger partial charge in [-0.15, -0.1) is 0 Å². The molecule has 0 aliphatic carbocycles. The number of rotatable bonds is 4. The molecule has 2 heterocycles. The largest absolute Gasteiger partial charge is 0.336 e. The Morgan fingerprint density at radius 1 is 1.17 bits per heavy atom. The van der Waals surface area contributed by atoms with Crippen LogP contribution < -0.4 is 0 Å². The molecule has 0 saturated carbocycles. The quantitative estimate of drug-likeness (QED) is 0.846. The lowest BCUT2D eigenvalue weighted by molar-refractivity contribution is 0.0587. The number of amides is 1. The number of hydrogen-bond acceptors (Lipinski definition) is 2. The number of benzene rings is 1. The topological polar surface area (TPSA) is 23.6 Å². The Morgan fingerprint density at radius 3 is 2.65 bits per heavy atom. The van der Waals surface area contributed by atoms with E-state index in [0.717, 1.165) is 32.4 Å². The fourth-order valence-electron chi connectivity index (χ4n) is 3.80. The Hall–Kier alpha value is -1.42. The van der Waals surface area contributed by atoms with Gasteiger partial charge >= 0.3 is 0 Å². The summed E-state index contributed by atoms with van der Waals surface area (Å²) in [7, 11) is 0. The van der Waals surface area contributed by atoms with Gasteiger partial charge in [0.1, 0.15) is 5.82 Å². The van der Waals surface area contributed by atoms with E-state index in [-0.39, 0.29) is 11.7 Å². The molecular formula is C19H27FN2O. The van der Waals surface area contributed by atoms with Crippen molar-refractivity contribution in [1.82, 2.24) is 9.80 Å². The monoisotopic (exact) mass is 318 g/mol. The minimum atomic E-state index is -0.290.